The molecule has 1 heterocycles. The molecule has 5 heteroatoms. The van der Waals surface area contributed by atoms with E-state index in [1.54, 1.807) is 12.4 Å². The summed E-state index contributed by atoms with van der Waals surface area (Å²) in [7, 11) is 0. The van der Waals surface area contributed by atoms with Gasteiger partial charge in [0.25, 0.3) is 0 Å². The van der Waals surface area contributed by atoms with E-state index in [2.05, 4.69) is 45.1 Å². The van der Waals surface area contributed by atoms with Crippen LogP contribution in [0.3, 0.4) is 0 Å². The Morgan fingerprint density at radius 1 is 1.15 bits per heavy atom. The lowest BCUT2D eigenvalue weighted by Gasteiger charge is -2.08. The van der Waals surface area contributed by atoms with Crippen LogP contribution >= 0.6 is 15.9 Å². The number of ether oxygens (including phenoxy) is 1. The van der Waals surface area contributed by atoms with Crippen LogP contribution in [-0.4, -0.2) is 16.0 Å². The van der Waals surface area contributed by atoms with Gasteiger partial charge in [0, 0.05) is 17.1 Å². The molecular formula is C15H18BrN3O. The molecule has 0 atom stereocenters. The molecule has 0 saturated carbocycles. The molecule has 0 amide bonds. The number of hydrogen-bond acceptors (Lipinski definition) is 4. The first-order valence-corrected chi connectivity index (χ1v) is 7.34. The van der Waals surface area contributed by atoms with E-state index in [1.165, 1.54) is 0 Å². The molecule has 0 spiro atoms. The summed E-state index contributed by atoms with van der Waals surface area (Å²) in [5.74, 6) is 0.543. The van der Waals surface area contributed by atoms with E-state index in [0.29, 0.717) is 18.5 Å². The van der Waals surface area contributed by atoms with Crippen molar-refractivity contribution in [1.82, 2.24) is 15.3 Å². The molecule has 0 radical (unpaired) electrons. The first-order valence-electron chi connectivity index (χ1n) is 6.55. The highest BCUT2D eigenvalue weighted by molar-refractivity contribution is 9.10. The maximum atomic E-state index is 5.60. The summed E-state index contributed by atoms with van der Waals surface area (Å²) in [6.07, 6.45) is 3.41. The van der Waals surface area contributed by atoms with Gasteiger partial charge in [-0.2, -0.15) is 0 Å². The highest BCUT2D eigenvalue weighted by atomic mass is 79.9. The van der Waals surface area contributed by atoms with Crippen LogP contribution in [0.25, 0.3) is 0 Å². The lowest BCUT2D eigenvalue weighted by atomic mass is 10.2. The molecule has 0 aliphatic carbocycles. The van der Waals surface area contributed by atoms with Gasteiger partial charge in [-0.15, -0.1) is 0 Å². The lowest BCUT2D eigenvalue weighted by Crippen LogP contribution is -2.22. The fourth-order valence-corrected chi connectivity index (χ4v) is 1.82. The van der Waals surface area contributed by atoms with Crippen molar-refractivity contribution in [2.75, 3.05) is 0 Å². The number of nitrogens with one attached hydrogen (secondary N) is 1. The van der Waals surface area contributed by atoms with E-state index in [1.807, 2.05) is 24.3 Å². The zero-order valence-corrected chi connectivity index (χ0v) is 13.2. The summed E-state index contributed by atoms with van der Waals surface area (Å²) in [5, 5.41) is 3.30. The molecule has 0 saturated heterocycles. The van der Waals surface area contributed by atoms with Crippen molar-refractivity contribution in [3.05, 3.63) is 52.4 Å². The van der Waals surface area contributed by atoms with Gasteiger partial charge in [-0.3, -0.25) is 4.98 Å². The van der Waals surface area contributed by atoms with Crippen LogP contribution in [0, 0.1) is 0 Å². The second kappa shape index (κ2) is 7.36. The molecule has 0 aliphatic heterocycles. The van der Waals surface area contributed by atoms with Gasteiger partial charge in [0.2, 0.25) is 5.88 Å². The second-order valence-electron chi connectivity index (χ2n) is 4.80. The normalized spacial score (nSPS) is 10.8. The first kappa shape index (κ1) is 14.9. The number of halogens is 1. The lowest BCUT2D eigenvalue weighted by molar-refractivity contribution is 0.292. The molecule has 0 bridgehead atoms. The van der Waals surface area contributed by atoms with Crippen molar-refractivity contribution in [2.45, 2.75) is 33.0 Å². The van der Waals surface area contributed by atoms with Gasteiger partial charge >= 0.3 is 0 Å². The molecule has 2 aromatic rings. The van der Waals surface area contributed by atoms with Crippen LogP contribution in [0.5, 0.6) is 5.88 Å². The average molecular weight is 336 g/mol. The monoisotopic (exact) mass is 335 g/mol. The Morgan fingerprint density at radius 2 is 1.90 bits per heavy atom. The van der Waals surface area contributed by atoms with Gasteiger partial charge in [0.15, 0.2) is 0 Å². The molecular weight excluding hydrogens is 318 g/mol. The standard InChI is InChI=1S/C15H18BrN3O/c1-11(2)17-7-14-8-19-15(9-18-14)20-10-12-3-5-13(16)6-4-12/h3-6,8-9,11,17H,7,10H2,1-2H3. The predicted molar refractivity (Wildman–Crippen MR) is 82.5 cm³/mol. The summed E-state index contributed by atoms with van der Waals surface area (Å²) in [6.45, 7) is 5.41. The zero-order chi connectivity index (χ0) is 14.4. The molecule has 106 valence electrons. The third-order valence-electron chi connectivity index (χ3n) is 2.67. The maximum Gasteiger partial charge on any atom is 0.232 e. The van der Waals surface area contributed by atoms with Crippen LogP contribution in [0.15, 0.2) is 41.1 Å². The summed E-state index contributed by atoms with van der Waals surface area (Å²) < 4.78 is 6.66. The van der Waals surface area contributed by atoms with Crippen molar-refractivity contribution in [3.63, 3.8) is 0 Å². The minimum absolute atomic E-state index is 0.435. The molecule has 1 aromatic heterocycles. The van der Waals surface area contributed by atoms with Crippen LogP contribution < -0.4 is 10.1 Å². The van der Waals surface area contributed by atoms with E-state index >= 15 is 0 Å². The molecule has 0 aliphatic rings. The number of hydrogen-bond donors (Lipinski definition) is 1. The van der Waals surface area contributed by atoms with Crippen molar-refractivity contribution in [1.29, 1.82) is 0 Å². The van der Waals surface area contributed by atoms with Crippen LogP contribution in [0.2, 0.25) is 0 Å². The summed E-state index contributed by atoms with van der Waals surface area (Å²) in [4.78, 5) is 8.57. The van der Waals surface area contributed by atoms with Crippen molar-refractivity contribution < 1.29 is 4.74 Å². The Balaban J connectivity index is 1.85. The summed E-state index contributed by atoms with van der Waals surface area (Å²) >= 11 is 3.41. The highest BCUT2D eigenvalue weighted by Gasteiger charge is 2.01. The summed E-state index contributed by atoms with van der Waals surface area (Å²) in [5.41, 5.74) is 2.01. The minimum Gasteiger partial charge on any atom is -0.472 e. The molecule has 4 nitrogen and oxygen atoms in total. The third-order valence-corrected chi connectivity index (χ3v) is 3.20. The van der Waals surface area contributed by atoms with Gasteiger partial charge in [-0.1, -0.05) is 41.9 Å². The van der Waals surface area contributed by atoms with E-state index in [9.17, 15) is 0 Å². The Hall–Kier alpha value is -1.46. The van der Waals surface area contributed by atoms with Gasteiger partial charge < -0.3 is 10.1 Å². The van der Waals surface area contributed by atoms with E-state index in [0.717, 1.165) is 22.3 Å². The minimum atomic E-state index is 0.435. The van der Waals surface area contributed by atoms with E-state index in [4.69, 9.17) is 4.74 Å². The topological polar surface area (TPSA) is 47.0 Å². The van der Waals surface area contributed by atoms with Gasteiger partial charge in [0.1, 0.15) is 6.61 Å². The quantitative estimate of drug-likeness (QED) is 0.879. The smallest absolute Gasteiger partial charge is 0.232 e. The third kappa shape index (κ3) is 4.90. The predicted octanol–water partition coefficient (Wildman–Crippen LogP) is 3.32. The second-order valence-corrected chi connectivity index (χ2v) is 5.71. The first-order chi connectivity index (χ1) is 9.63. The number of nitrogens with zero attached hydrogens (tertiary/aromatic N) is 2. The van der Waals surface area contributed by atoms with Crippen LogP contribution in [0.1, 0.15) is 25.1 Å². The highest BCUT2D eigenvalue weighted by Crippen LogP contribution is 2.12. The molecule has 20 heavy (non-hydrogen) atoms. The van der Waals surface area contributed by atoms with E-state index < -0.39 is 0 Å². The van der Waals surface area contributed by atoms with Gasteiger partial charge in [0.05, 0.1) is 18.1 Å². The Labute approximate surface area is 127 Å². The zero-order valence-electron chi connectivity index (χ0n) is 11.6. The molecule has 0 fully saturated rings. The van der Waals surface area contributed by atoms with Gasteiger partial charge in [-0.05, 0) is 17.7 Å². The number of rotatable bonds is 6. The van der Waals surface area contributed by atoms with Crippen LogP contribution in [-0.2, 0) is 13.2 Å². The summed E-state index contributed by atoms with van der Waals surface area (Å²) in [6, 6.07) is 8.44. The fraction of sp³-hybridized carbons (Fsp3) is 0.333. The number of benzene rings is 1. The van der Waals surface area contributed by atoms with Crippen molar-refractivity contribution in [2.24, 2.45) is 0 Å². The SMILES string of the molecule is CC(C)NCc1cnc(OCc2ccc(Br)cc2)cn1. The molecule has 1 aromatic carbocycles. The van der Waals surface area contributed by atoms with Crippen molar-refractivity contribution >= 4 is 15.9 Å². The van der Waals surface area contributed by atoms with Crippen molar-refractivity contribution in [3.8, 4) is 5.88 Å². The average Bonchev–Trinajstić information content (AvgIpc) is 2.45. The Morgan fingerprint density at radius 3 is 2.50 bits per heavy atom. The molecule has 2 rings (SSSR count). The Kier molecular flexibility index (Phi) is 5.49. The van der Waals surface area contributed by atoms with E-state index in [-0.39, 0.29) is 0 Å². The molecule has 1 N–H and O–H groups in total. The number of aromatic nitrogens is 2. The molecule has 0 unspecified atom stereocenters. The fourth-order valence-electron chi connectivity index (χ4n) is 1.56. The van der Waals surface area contributed by atoms with Crippen LogP contribution in [0.4, 0.5) is 0 Å². The largest absolute Gasteiger partial charge is 0.472 e. The van der Waals surface area contributed by atoms with Gasteiger partial charge in [-0.25, -0.2) is 4.98 Å². The Bertz CT molecular complexity index is 526. The maximum absolute atomic E-state index is 5.60.